The van der Waals surface area contributed by atoms with E-state index in [4.69, 9.17) is 35.4 Å². The summed E-state index contributed by atoms with van der Waals surface area (Å²) < 4.78 is 25.1. The van der Waals surface area contributed by atoms with E-state index in [1.165, 1.54) is 12.1 Å². The van der Waals surface area contributed by atoms with Crippen LogP contribution in [0.4, 0.5) is 0 Å². The van der Waals surface area contributed by atoms with Crippen LogP contribution in [-0.2, 0) is 14.8 Å². The SMILES string of the molecule is Cc1ccc(S(=O)(=O)NN2C(=O)/C(=C/c3ccc(Cl)c(Cl)c3)SC2=S)cc1. The van der Waals surface area contributed by atoms with E-state index >= 15 is 0 Å². The van der Waals surface area contributed by atoms with E-state index in [1.807, 2.05) is 6.92 Å². The van der Waals surface area contributed by atoms with Gasteiger partial charge in [-0.05, 0) is 42.8 Å². The van der Waals surface area contributed by atoms with Crippen molar-refractivity contribution in [3.63, 3.8) is 0 Å². The minimum Gasteiger partial charge on any atom is -0.267 e. The van der Waals surface area contributed by atoms with Crippen molar-refractivity contribution in [2.45, 2.75) is 11.8 Å². The summed E-state index contributed by atoms with van der Waals surface area (Å²) in [6, 6.07) is 11.2. The first kappa shape index (κ1) is 20.3. The Labute approximate surface area is 176 Å². The number of halogens is 2. The normalized spacial score (nSPS) is 16.4. The molecule has 1 aliphatic rings. The Morgan fingerprint density at radius 2 is 1.78 bits per heavy atom. The fraction of sp³-hybridized carbons (Fsp3) is 0.0588. The fourth-order valence-corrected chi connectivity index (χ4v) is 4.81. The molecule has 2 aromatic rings. The number of carbonyl (C=O) groups is 1. The Kier molecular flexibility index (Phi) is 5.95. The lowest BCUT2D eigenvalue weighted by Crippen LogP contribution is -2.44. The monoisotopic (exact) mass is 458 g/mol. The zero-order valence-corrected chi connectivity index (χ0v) is 17.7. The van der Waals surface area contributed by atoms with Crippen molar-refractivity contribution in [3.8, 4) is 0 Å². The highest BCUT2D eigenvalue weighted by Crippen LogP contribution is 2.33. The Bertz CT molecular complexity index is 1070. The molecule has 1 fully saturated rings. The molecule has 27 heavy (non-hydrogen) atoms. The van der Waals surface area contributed by atoms with Crippen LogP contribution in [0.15, 0.2) is 52.3 Å². The molecule has 3 rings (SSSR count). The standard InChI is InChI=1S/C17H12Cl2N2O3S3/c1-10-2-5-12(6-3-10)27(23,24)20-21-16(22)15(26-17(21)25)9-11-4-7-13(18)14(19)8-11/h2-9,20H,1H3/b15-9-. The number of hydrogen-bond donors (Lipinski definition) is 1. The molecule has 0 unspecified atom stereocenters. The lowest BCUT2D eigenvalue weighted by Gasteiger charge is -2.16. The van der Waals surface area contributed by atoms with Crippen LogP contribution in [0.2, 0.25) is 10.0 Å². The van der Waals surface area contributed by atoms with E-state index in [9.17, 15) is 13.2 Å². The average molecular weight is 459 g/mol. The molecule has 0 atom stereocenters. The highest BCUT2D eigenvalue weighted by atomic mass is 35.5. The number of nitrogens with zero attached hydrogens (tertiary/aromatic N) is 1. The molecule has 1 heterocycles. The number of amides is 1. The molecule has 0 radical (unpaired) electrons. The third kappa shape index (κ3) is 4.53. The molecule has 1 aliphatic heterocycles. The van der Waals surface area contributed by atoms with Gasteiger partial charge in [0.25, 0.3) is 15.9 Å². The zero-order chi connectivity index (χ0) is 19.8. The van der Waals surface area contributed by atoms with Crippen LogP contribution in [0.25, 0.3) is 6.08 Å². The van der Waals surface area contributed by atoms with Crippen molar-refractivity contribution in [2.75, 3.05) is 0 Å². The third-order valence-corrected chi connectivity index (χ3v) is 6.93. The zero-order valence-electron chi connectivity index (χ0n) is 13.8. The minimum absolute atomic E-state index is 0.0376. The smallest absolute Gasteiger partial charge is 0.267 e. The summed E-state index contributed by atoms with van der Waals surface area (Å²) in [5, 5.41) is 1.59. The molecule has 1 N–H and O–H groups in total. The average Bonchev–Trinajstić information content (AvgIpc) is 2.86. The first-order valence-corrected chi connectivity index (χ1v) is 11.0. The third-order valence-electron chi connectivity index (χ3n) is 3.58. The molecule has 1 saturated heterocycles. The number of thiocarbonyl (C=S) groups is 1. The summed E-state index contributed by atoms with van der Waals surface area (Å²) >= 11 is 18.0. The summed E-state index contributed by atoms with van der Waals surface area (Å²) in [4.78, 5) is 15.1. The maximum atomic E-state index is 12.6. The number of carbonyl (C=O) groups excluding carboxylic acids is 1. The van der Waals surface area contributed by atoms with E-state index in [0.29, 0.717) is 15.6 Å². The summed E-state index contributed by atoms with van der Waals surface area (Å²) in [5.41, 5.74) is 1.57. The molecule has 0 bridgehead atoms. The second kappa shape index (κ2) is 7.90. The Hall–Kier alpha value is -1.42. The lowest BCUT2D eigenvalue weighted by atomic mass is 10.2. The Balaban J connectivity index is 1.84. The van der Waals surface area contributed by atoms with Gasteiger partial charge in [-0.1, -0.05) is 70.9 Å². The van der Waals surface area contributed by atoms with Crippen molar-refractivity contribution >= 4 is 73.5 Å². The maximum absolute atomic E-state index is 12.6. The quantitative estimate of drug-likeness (QED) is 0.543. The largest absolute Gasteiger partial charge is 0.281 e. The van der Waals surface area contributed by atoms with Gasteiger partial charge in [-0.25, -0.2) is 13.4 Å². The molecule has 0 saturated carbocycles. The van der Waals surface area contributed by atoms with Gasteiger partial charge in [0.1, 0.15) is 0 Å². The summed E-state index contributed by atoms with van der Waals surface area (Å²) in [7, 11) is -3.95. The summed E-state index contributed by atoms with van der Waals surface area (Å²) in [6.45, 7) is 1.85. The van der Waals surface area contributed by atoms with Crippen LogP contribution >= 0.6 is 47.2 Å². The van der Waals surface area contributed by atoms with Crippen LogP contribution in [0.5, 0.6) is 0 Å². The molecule has 1 amide bonds. The predicted octanol–water partition coefficient (Wildman–Crippen LogP) is 4.40. The van der Waals surface area contributed by atoms with Gasteiger partial charge in [0, 0.05) is 0 Å². The van der Waals surface area contributed by atoms with Crippen LogP contribution in [0.1, 0.15) is 11.1 Å². The van der Waals surface area contributed by atoms with E-state index in [0.717, 1.165) is 22.3 Å². The van der Waals surface area contributed by atoms with Crippen LogP contribution in [0.3, 0.4) is 0 Å². The van der Waals surface area contributed by atoms with Crippen molar-refractivity contribution in [2.24, 2.45) is 0 Å². The van der Waals surface area contributed by atoms with Gasteiger partial charge >= 0.3 is 0 Å². The summed E-state index contributed by atoms with van der Waals surface area (Å²) in [5.74, 6) is -0.563. The van der Waals surface area contributed by atoms with Gasteiger partial charge < -0.3 is 0 Å². The highest BCUT2D eigenvalue weighted by Gasteiger charge is 2.35. The second-order valence-corrected chi connectivity index (χ2v) is 9.75. The van der Waals surface area contributed by atoms with E-state index in [1.54, 1.807) is 36.4 Å². The van der Waals surface area contributed by atoms with Gasteiger partial charge in [-0.15, -0.1) is 4.83 Å². The van der Waals surface area contributed by atoms with Crippen molar-refractivity contribution in [1.82, 2.24) is 9.84 Å². The van der Waals surface area contributed by atoms with E-state index in [2.05, 4.69) is 4.83 Å². The number of aryl methyl sites for hydroxylation is 1. The number of hydrazine groups is 1. The van der Waals surface area contributed by atoms with E-state index < -0.39 is 15.9 Å². The molecule has 0 spiro atoms. The highest BCUT2D eigenvalue weighted by molar-refractivity contribution is 8.26. The molecule has 0 aromatic heterocycles. The van der Waals surface area contributed by atoms with Gasteiger partial charge in [0.15, 0.2) is 4.32 Å². The van der Waals surface area contributed by atoms with Crippen molar-refractivity contribution in [3.05, 3.63) is 68.5 Å². The number of thioether (sulfide) groups is 1. The number of benzene rings is 2. The van der Waals surface area contributed by atoms with Gasteiger partial charge in [0.05, 0.1) is 19.8 Å². The molecule has 10 heteroatoms. The first-order chi connectivity index (χ1) is 12.7. The number of hydrogen-bond acceptors (Lipinski definition) is 5. The van der Waals surface area contributed by atoms with E-state index in [-0.39, 0.29) is 14.1 Å². The fourth-order valence-electron chi connectivity index (χ4n) is 2.19. The molecule has 5 nitrogen and oxygen atoms in total. The van der Waals surface area contributed by atoms with Crippen LogP contribution < -0.4 is 4.83 Å². The van der Waals surface area contributed by atoms with Gasteiger partial charge in [-0.2, -0.15) is 0 Å². The summed E-state index contributed by atoms with van der Waals surface area (Å²) in [6.07, 6.45) is 1.57. The second-order valence-electron chi connectivity index (χ2n) is 5.60. The topological polar surface area (TPSA) is 66.5 Å². The lowest BCUT2D eigenvalue weighted by molar-refractivity contribution is -0.123. The molecule has 140 valence electrons. The van der Waals surface area contributed by atoms with Crippen LogP contribution in [0, 0.1) is 6.92 Å². The first-order valence-electron chi connectivity index (χ1n) is 7.49. The number of rotatable bonds is 4. The van der Waals surface area contributed by atoms with Gasteiger partial charge in [-0.3, -0.25) is 4.79 Å². The minimum atomic E-state index is -3.95. The van der Waals surface area contributed by atoms with Crippen molar-refractivity contribution in [1.29, 1.82) is 0 Å². The molecule has 0 aliphatic carbocycles. The van der Waals surface area contributed by atoms with Crippen molar-refractivity contribution < 1.29 is 13.2 Å². The number of nitrogens with one attached hydrogen (secondary N) is 1. The maximum Gasteiger partial charge on any atom is 0.281 e. The predicted molar refractivity (Wildman–Crippen MR) is 113 cm³/mol. The van der Waals surface area contributed by atoms with Gasteiger partial charge in [0.2, 0.25) is 0 Å². The molecular formula is C17H12Cl2N2O3S3. The Morgan fingerprint density at radius 3 is 2.41 bits per heavy atom. The number of sulfonamides is 1. The van der Waals surface area contributed by atoms with Crippen LogP contribution in [-0.4, -0.2) is 23.7 Å². The molecule has 2 aromatic carbocycles. The Morgan fingerprint density at radius 1 is 1.11 bits per heavy atom. The molecular weight excluding hydrogens is 447 g/mol.